The number of hydrogen-bond acceptors (Lipinski definition) is 2. The van der Waals surface area contributed by atoms with Gasteiger partial charge in [-0.25, -0.2) is 8.78 Å². The van der Waals surface area contributed by atoms with E-state index in [9.17, 15) is 13.6 Å². The van der Waals surface area contributed by atoms with Crippen LogP contribution in [0, 0.1) is 11.6 Å². The van der Waals surface area contributed by atoms with E-state index in [0.717, 1.165) is 18.2 Å². The number of aryl methyl sites for hydroxylation is 1. The van der Waals surface area contributed by atoms with Crippen LogP contribution >= 0.6 is 0 Å². The molecule has 1 heterocycles. The topological polar surface area (TPSA) is 30.2 Å². The molecular formula is C14H12F2O2. The van der Waals surface area contributed by atoms with Crippen molar-refractivity contribution in [1.82, 2.24) is 0 Å². The van der Waals surface area contributed by atoms with E-state index < -0.39 is 11.6 Å². The van der Waals surface area contributed by atoms with Crippen molar-refractivity contribution in [3.05, 3.63) is 59.1 Å². The highest BCUT2D eigenvalue weighted by Gasteiger charge is 2.14. The number of benzene rings is 1. The largest absolute Gasteiger partial charge is 0.469 e. The van der Waals surface area contributed by atoms with E-state index in [0.29, 0.717) is 23.3 Å². The first kappa shape index (κ1) is 12.5. The van der Waals surface area contributed by atoms with Crippen LogP contribution < -0.4 is 0 Å². The fourth-order valence-electron chi connectivity index (χ4n) is 1.86. The van der Waals surface area contributed by atoms with Crippen molar-refractivity contribution < 1.29 is 18.0 Å². The van der Waals surface area contributed by atoms with E-state index in [1.165, 1.54) is 6.26 Å². The van der Waals surface area contributed by atoms with Gasteiger partial charge in [0.15, 0.2) is 5.78 Å². The second-order valence-corrected chi connectivity index (χ2v) is 3.99. The van der Waals surface area contributed by atoms with Gasteiger partial charge in [0.05, 0.1) is 11.8 Å². The fraction of sp³-hybridized carbons (Fsp3) is 0.214. The molecule has 0 fully saturated rings. The highest BCUT2D eigenvalue weighted by Crippen LogP contribution is 2.16. The van der Waals surface area contributed by atoms with Crippen molar-refractivity contribution >= 4 is 5.78 Å². The Morgan fingerprint density at radius 2 is 1.89 bits per heavy atom. The van der Waals surface area contributed by atoms with Gasteiger partial charge in [0.1, 0.15) is 17.4 Å². The van der Waals surface area contributed by atoms with E-state index in [1.807, 2.05) is 6.92 Å². The SMILES string of the molecule is CCc1occc1C(=O)Cc1cc(F)cc(F)c1. The molecule has 0 N–H and O–H groups in total. The van der Waals surface area contributed by atoms with Gasteiger partial charge < -0.3 is 4.42 Å². The standard InChI is InChI=1S/C14H12F2O2/c1-2-14-12(3-4-18-14)13(17)7-9-5-10(15)8-11(16)6-9/h3-6,8H,2,7H2,1H3. The van der Waals surface area contributed by atoms with Crippen molar-refractivity contribution in [2.24, 2.45) is 0 Å². The molecule has 0 saturated heterocycles. The third-order valence-corrected chi connectivity index (χ3v) is 2.65. The molecule has 4 heteroatoms. The predicted molar refractivity (Wildman–Crippen MR) is 62.5 cm³/mol. The van der Waals surface area contributed by atoms with Crippen LogP contribution in [0.2, 0.25) is 0 Å². The fourth-order valence-corrected chi connectivity index (χ4v) is 1.86. The van der Waals surface area contributed by atoms with Crippen molar-refractivity contribution in [1.29, 1.82) is 0 Å². The Hall–Kier alpha value is -1.97. The van der Waals surface area contributed by atoms with E-state index in [2.05, 4.69) is 0 Å². The number of rotatable bonds is 4. The molecular weight excluding hydrogens is 238 g/mol. The lowest BCUT2D eigenvalue weighted by atomic mass is 10.0. The van der Waals surface area contributed by atoms with Gasteiger partial charge in [-0.15, -0.1) is 0 Å². The molecule has 0 unspecified atom stereocenters. The molecule has 0 radical (unpaired) electrons. The predicted octanol–water partition coefficient (Wildman–Crippen LogP) is 3.55. The summed E-state index contributed by atoms with van der Waals surface area (Å²) in [6, 6.07) is 4.68. The second kappa shape index (κ2) is 5.12. The maximum Gasteiger partial charge on any atom is 0.170 e. The summed E-state index contributed by atoms with van der Waals surface area (Å²) in [5, 5.41) is 0. The van der Waals surface area contributed by atoms with Crippen molar-refractivity contribution in [2.75, 3.05) is 0 Å². The number of carbonyl (C=O) groups excluding carboxylic acids is 1. The summed E-state index contributed by atoms with van der Waals surface area (Å²) >= 11 is 0. The van der Waals surface area contributed by atoms with Gasteiger partial charge in [0.25, 0.3) is 0 Å². The molecule has 1 aromatic carbocycles. The zero-order valence-electron chi connectivity index (χ0n) is 9.87. The molecule has 0 amide bonds. The van der Waals surface area contributed by atoms with Crippen molar-refractivity contribution in [3.63, 3.8) is 0 Å². The molecule has 2 rings (SSSR count). The van der Waals surface area contributed by atoms with Crippen molar-refractivity contribution in [2.45, 2.75) is 19.8 Å². The summed E-state index contributed by atoms with van der Waals surface area (Å²) in [7, 11) is 0. The highest BCUT2D eigenvalue weighted by atomic mass is 19.1. The lowest BCUT2D eigenvalue weighted by Gasteiger charge is -2.02. The average molecular weight is 250 g/mol. The molecule has 1 aromatic heterocycles. The minimum atomic E-state index is -0.680. The van der Waals surface area contributed by atoms with Crippen LogP contribution in [0.15, 0.2) is 34.9 Å². The smallest absolute Gasteiger partial charge is 0.170 e. The summed E-state index contributed by atoms with van der Waals surface area (Å²) in [6.45, 7) is 1.87. The summed E-state index contributed by atoms with van der Waals surface area (Å²) in [6.07, 6.45) is 2.00. The minimum absolute atomic E-state index is 0.0405. The van der Waals surface area contributed by atoms with Crippen LogP contribution in [0.5, 0.6) is 0 Å². The molecule has 0 atom stereocenters. The summed E-state index contributed by atoms with van der Waals surface area (Å²) in [4.78, 5) is 12.0. The first-order valence-corrected chi connectivity index (χ1v) is 5.64. The Bertz CT molecular complexity index is 553. The number of halogens is 2. The molecule has 0 bridgehead atoms. The third kappa shape index (κ3) is 2.64. The molecule has 2 nitrogen and oxygen atoms in total. The monoisotopic (exact) mass is 250 g/mol. The molecule has 0 spiro atoms. The highest BCUT2D eigenvalue weighted by molar-refractivity contribution is 5.98. The Kier molecular flexibility index (Phi) is 3.55. The lowest BCUT2D eigenvalue weighted by Crippen LogP contribution is -2.05. The van der Waals surface area contributed by atoms with Crippen LogP contribution in [-0.4, -0.2) is 5.78 Å². The van der Waals surface area contributed by atoms with E-state index in [4.69, 9.17) is 4.42 Å². The quantitative estimate of drug-likeness (QED) is 0.777. The molecule has 94 valence electrons. The molecule has 0 aliphatic carbocycles. The zero-order valence-corrected chi connectivity index (χ0v) is 9.87. The molecule has 0 aliphatic heterocycles. The zero-order chi connectivity index (χ0) is 13.1. The van der Waals surface area contributed by atoms with Crippen LogP contribution in [-0.2, 0) is 12.8 Å². The first-order valence-electron chi connectivity index (χ1n) is 5.64. The number of Topliss-reactive ketones (excluding diaryl/α,β-unsaturated/α-hetero) is 1. The van der Waals surface area contributed by atoms with E-state index >= 15 is 0 Å². The van der Waals surface area contributed by atoms with Crippen LogP contribution in [0.3, 0.4) is 0 Å². The van der Waals surface area contributed by atoms with E-state index in [1.54, 1.807) is 6.07 Å². The average Bonchev–Trinajstić information content (AvgIpc) is 2.75. The number of hydrogen-bond donors (Lipinski definition) is 0. The maximum absolute atomic E-state index is 13.0. The Balaban J connectivity index is 2.21. The van der Waals surface area contributed by atoms with Crippen LogP contribution in [0.25, 0.3) is 0 Å². The Morgan fingerprint density at radius 3 is 2.50 bits per heavy atom. The Morgan fingerprint density at radius 1 is 1.22 bits per heavy atom. The summed E-state index contributed by atoms with van der Waals surface area (Å²) in [5.74, 6) is -0.969. The molecule has 18 heavy (non-hydrogen) atoms. The maximum atomic E-state index is 13.0. The second-order valence-electron chi connectivity index (χ2n) is 3.99. The molecule has 2 aromatic rings. The van der Waals surface area contributed by atoms with Gasteiger partial charge in [-0.05, 0) is 23.8 Å². The Labute approximate surface area is 103 Å². The van der Waals surface area contributed by atoms with Gasteiger partial charge in [0.2, 0.25) is 0 Å². The van der Waals surface area contributed by atoms with Crippen LogP contribution in [0.4, 0.5) is 8.78 Å². The molecule has 0 aliphatic rings. The molecule has 0 saturated carbocycles. The van der Waals surface area contributed by atoms with Gasteiger partial charge in [-0.3, -0.25) is 4.79 Å². The van der Waals surface area contributed by atoms with Crippen molar-refractivity contribution in [3.8, 4) is 0 Å². The van der Waals surface area contributed by atoms with Gasteiger partial charge in [-0.1, -0.05) is 6.92 Å². The van der Waals surface area contributed by atoms with Gasteiger partial charge >= 0.3 is 0 Å². The summed E-state index contributed by atoms with van der Waals surface area (Å²) in [5.41, 5.74) is 0.794. The first-order chi connectivity index (χ1) is 8.60. The lowest BCUT2D eigenvalue weighted by molar-refractivity contribution is 0.0991. The van der Waals surface area contributed by atoms with Crippen LogP contribution in [0.1, 0.15) is 28.6 Å². The van der Waals surface area contributed by atoms with Gasteiger partial charge in [0, 0.05) is 18.9 Å². The third-order valence-electron chi connectivity index (χ3n) is 2.65. The number of ketones is 1. The van der Waals surface area contributed by atoms with E-state index in [-0.39, 0.29) is 12.2 Å². The minimum Gasteiger partial charge on any atom is -0.469 e. The van der Waals surface area contributed by atoms with Gasteiger partial charge in [-0.2, -0.15) is 0 Å². The normalized spacial score (nSPS) is 10.6. The number of carbonyl (C=O) groups is 1. The number of furan rings is 1. The summed E-state index contributed by atoms with van der Waals surface area (Å²) < 4.78 is 31.1.